The standard InChI is InChI=1S/C14H24N4O/c1-5-11-14(19-4)13(17-10(2)16-11)12-9-18(3)8-6-7-15-12/h12,15H,5-9H2,1-4H3. The molecule has 0 bridgehead atoms. The second-order valence-corrected chi connectivity index (χ2v) is 5.11. The van der Waals surface area contributed by atoms with Gasteiger partial charge in [-0.05, 0) is 39.9 Å². The van der Waals surface area contributed by atoms with Gasteiger partial charge in [-0.25, -0.2) is 9.97 Å². The molecule has 106 valence electrons. The minimum atomic E-state index is 0.217. The van der Waals surface area contributed by atoms with Crippen LogP contribution in [0, 0.1) is 6.92 Å². The van der Waals surface area contributed by atoms with Gasteiger partial charge in [-0.2, -0.15) is 0 Å². The van der Waals surface area contributed by atoms with E-state index in [0.29, 0.717) is 0 Å². The van der Waals surface area contributed by atoms with Gasteiger partial charge in [0.15, 0.2) is 5.75 Å². The van der Waals surface area contributed by atoms with Crippen LogP contribution in [0.1, 0.15) is 36.6 Å². The topological polar surface area (TPSA) is 50.3 Å². The molecule has 0 radical (unpaired) electrons. The smallest absolute Gasteiger partial charge is 0.163 e. The highest BCUT2D eigenvalue weighted by Crippen LogP contribution is 2.28. The first-order chi connectivity index (χ1) is 9.15. The molecular formula is C14H24N4O. The Kier molecular flexibility index (Phi) is 4.71. The van der Waals surface area contributed by atoms with E-state index < -0.39 is 0 Å². The molecule has 0 spiro atoms. The van der Waals surface area contributed by atoms with Crippen LogP contribution in [0.3, 0.4) is 0 Å². The average Bonchev–Trinajstić information content (AvgIpc) is 2.62. The van der Waals surface area contributed by atoms with Gasteiger partial charge in [0, 0.05) is 6.54 Å². The van der Waals surface area contributed by atoms with Crippen molar-refractivity contribution >= 4 is 0 Å². The van der Waals surface area contributed by atoms with Crippen molar-refractivity contribution < 1.29 is 4.74 Å². The predicted molar refractivity (Wildman–Crippen MR) is 75.6 cm³/mol. The molecule has 5 nitrogen and oxygen atoms in total. The molecule has 1 unspecified atom stereocenters. The zero-order valence-electron chi connectivity index (χ0n) is 12.4. The fraction of sp³-hybridized carbons (Fsp3) is 0.714. The Morgan fingerprint density at radius 2 is 2.21 bits per heavy atom. The molecule has 0 saturated carbocycles. The number of hydrogen-bond acceptors (Lipinski definition) is 5. The summed E-state index contributed by atoms with van der Waals surface area (Å²) in [7, 11) is 3.86. The number of methoxy groups -OCH3 is 1. The van der Waals surface area contributed by atoms with Gasteiger partial charge < -0.3 is 15.0 Å². The van der Waals surface area contributed by atoms with Crippen molar-refractivity contribution in [2.24, 2.45) is 0 Å². The summed E-state index contributed by atoms with van der Waals surface area (Å²) < 4.78 is 5.57. The average molecular weight is 264 g/mol. The zero-order valence-corrected chi connectivity index (χ0v) is 12.4. The zero-order chi connectivity index (χ0) is 13.8. The van der Waals surface area contributed by atoms with Gasteiger partial charge in [-0.1, -0.05) is 6.92 Å². The third kappa shape index (κ3) is 3.22. The number of nitrogens with one attached hydrogen (secondary N) is 1. The summed E-state index contributed by atoms with van der Waals surface area (Å²) in [6, 6.07) is 0.217. The van der Waals surface area contributed by atoms with Gasteiger partial charge in [-0.3, -0.25) is 0 Å². The Morgan fingerprint density at radius 1 is 1.42 bits per heavy atom. The van der Waals surface area contributed by atoms with Crippen LogP contribution in [-0.4, -0.2) is 48.7 Å². The quantitative estimate of drug-likeness (QED) is 0.892. The van der Waals surface area contributed by atoms with Crippen LogP contribution >= 0.6 is 0 Å². The lowest BCUT2D eigenvalue weighted by Gasteiger charge is -2.23. The van der Waals surface area contributed by atoms with E-state index in [2.05, 4.69) is 34.2 Å². The van der Waals surface area contributed by atoms with Crippen molar-refractivity contribution in [1.82, 2.24) is 20.2 Å². The SMILES string of the molecule is CCc1nc(C)nc(C2CN(C)CCCN2)c1OC. The van der Waals surface area contributed by atoms with E-state index in [1.165, 1.54) is 6.42 Å². The van der Waals surface area contributed by atoms with E-state index in [1.54, 1.807) is 7.11 Å². The fourth-order valence-electron chi connectivity index (χ4n) is 2.62. The van der Waals surface area contributed by atoms with Crippen LogP contribution < -0.4 is 10.1 Å². The molecule has 0 aliphatic carbocycles. The summed E-state index contributed by atoms with van der Waals surface area (Å²) in [5, 5.41) is 3.57. The number of likely N-dealkylation sites (N-methyl/N-ethyl adjacent to an activating group) is 1. The van der Waals surface area contributed by atoms with E-state index in [-0.39, 0.29) is 6.04 Å². The molecule has 1 N–H and O–H groups in total. The lowest BCUT2D eigenvalue weighted by molar-refractivity contribution is 0.315. The molecular weight excluding hydrogens is 240 g/mol. The van der Waals surface area contributed by atoms with E-state index in [4.69, 9.17) is 4.74 Å². The second-order valence-electron chi connectivity index (χ2n) is 5.11. The Labute approximate surface area is 115 Å². The third-order valence-electron chi connectivity index (χ3n) is 3.54. The van der Waals surface area contributed by atoms with Crippen LogP contribution in [0.25, 0.3) is 0 Å². The molecule has 1 aromatic rings. The molecule has 2 rings (SSSR count). The van der Waals surface area contributed by atoms with Crippen LogP contribution in [0.2, 0.25) is 0 Å². The molecule has 1 aliphatic heterocycles. The normalized spacial score (nSPS) is 21.2. The van der Waals surface area contributed by atoms with Gasteiger partial charge in [-0.15, -0.1) is 0 Å². The lowest BCUT2D eigenvalue weighted by atomic mass is 10.1. The molecule has 19 heavy (non-hydrogen) atoms. The van der Waals surface area contributed by atoms with E-state index in [1.807, 2.05) is 6.92 Å². The Morgan fingerprint density at radius 3 is 2.89 bits per heavy atom. The molecule has 1 fully saturated rings. The summed E-state index contributed by atoms with van der Waals surface area (Å²) in [6.07, 6.45) is 2.03. The summed E-state index contributed by atoms with van der Waals surface area (Å²) in [4.78, 5) is 11.5. The van der Waals surface area contributed by atoms with Crippen LogP contribution in [0.5, 0.6) is 5.75 Å². The van der Waals surface area contributed by atoms with Crippen molar-refractivity contribution in [2.45, 2.75) is 32.7 Å². The molecule has 1 aliphatic rings. The molecule has 0 amide bonds. The van der Waals surface area contributed by atoms with E-state index >= 15 is 0 Å². The largest absolute Gasteiger partial charge is 0.493 e. The van der Waals surface area contributed by atoms with E-state index in [0.717, 1.165) is 49.0 Å². The summed E-state index contributed by atoms with van der Waals surface area (Å²) in [6.45, 7) is 7.14. The first-order valence-electron chi connectivity index (χ1n) is 6.99. The maximum atomic E-state index is 5.57. The fourth-order valence-corrected chi connectivity index (χ4v) is 2.62. The Balaban J connectivity index is 2.38. The number of aromatic nitrogens is 2. The van der Waals surface area contributed by atoms with Crippen molar-refractivity contribution in [3.8, 4) is 5.75 Å². The molecule has 5 heteroatoms. The van der Waals surface area contributed by atoms with E-state index in [9.17, 15) is 0 Å². The van der Waals surface area contributed by atoms with Crippen molar-refractivity contribution in [3.05, 3.63) is 17.2 Å². The maximum absolute atomic E-state index is 5.57. The molecule has 2 heterocycles. The summed E-state index contributed by atoms with van der Waals surface area (Å²) in [5.41, 5.74) is 2.00. The number of aryl methyl sites for hydroxylation is 2. The number of hydrogen-bond donors (Lipinski definition) is 1. The van der Waals surface area contributed by atoms with Gasteiger partial charge in [0.05, 0.1) is 18.8 Å². The summed E-state index contributed by atoms with van der Waals surface area (Å²) >= 11 is 0. The monoisotopic (exact) mass is 264 g/mol. The highest BCUT2D eigenvalue weighted by Gasteiger charge is 2.24. The van der Waals surface area contributed by atoms with Crippen LogP contribution in [0.15, 0.2) is 0 Å². The van der Waals surface area contributed by atoms with Gasteiger partial charge >= 0.3 is 0 Å². The van der Waals surface area contributed by atoms with Gasteiger partial charge in [0.2, 0.25) is 0 Å². The minimum Gasteiger partial charge on any atom is -0.493 e. The highest BCUT2D eigenvalue weighted by atomic mass is 16.5. The highest BCUT2D eigenvalue weighted by molar-refractivity contribution is 5.35. The first-order valence-corrected chi connectivity index (χ1v) is 6.99. The second kappa shape index (κ2) is 6.30. The number of ether oxygens (including phenoxy) is 1. The van der Waals surface area contributed by atoms with Gasteiger partial charge in [0.1, 0.15) is 11.5 Å². The minimum absolute atomic E-state index is 0.217. The third-order valence-corrected chi connectivity index (χ3v) is 3.54. The molecule has 0 aromatic carbocycles. The Hall–Kier alpha value is -1.20. The van der Waals surface area contributed by atoms with Gasteiger partial charge in [0.25, 0.3) is 0 Å². The lowest BCUT2D eigenvalue weighted by Crippen LogP contribution is -2.30. The Bertz CT molecular complexity index is 436. The number of rotatable bonds is 3. The maximum Gasteiger partial charge on any atom is 0.163 e. The van der Waals surface area contributed by atoms with Crippen molar-refractivity contribution in [3.63, 3.8) is 0 Å². The first kappa shape index (κ1) is 14.2. The molecule has 1 saturated heterocycles. The predicted octanol–water partition coefficient (Wildman–Crippen LogP) is 1.32. The summed E-state index contributed by atoms with van der Waals surface area (Å²) in [5.74, 6) is 1.67. The van der Waals surface area contributed by atoms with Crippen molar-refractivity contribution in [1.29, 1.82) is 0 Å². The van der Waals surface area contributed by atoms with Crippen molar-refractivity contribution in [2.75, 3.05) is 33.8 Å². The molecule has 1 atom stereocenters. The van der Waals surface area contributed by atoms with Crippen LogP contribution in [0.4, 0.5) is 0 Å². The number of nitrogens with zero attached hydrogens (tertiary/aromatic N) is 3. The molecule has 1 aromatic heterocycles. The van der Waals surface area contributed by atoms with Crippen LogP contribution in [-0.2, 0) is 6.42 Å².